The molecule has 0 aromatic heterocycles. The lowest BCUT2D eigenvalue weighted by Gasteiger charge is -2.21. The second-order valence-corrected chi connectivity index (χ2v) is 5.33. The molecule has 0 aliphatic heterocycles. The van der Waals surface area contributed by atoms with Crippen LogP contribution < -0.4 is 0 Å². The average Bonchev–Trinajstić information content (AvgIpc) is 2.90. The lowest BCUT2D eigenvalue weighted by atomic mass is 10.0. The van der Waals surface area contributed by atoms with Crippen molar-refractivity contribution in [1.82, 2.24) is 4.90 Å². The van der Waals surface area contributed by atoms with Crippen molar-refractivity contribution < 1.29 is 19.1 Å². The van der Waals surface area contributed by atoms with Gasteiger partial charge in [-0.05, 0) is 25.3 Å². The number of nitrogens with zero attached hydrogens (tertiary/aromatic N) is 1. The van der Waals surface area contributed by atoms with E-state index < -0.39 is 11.9 Å². The molecule has 4 nitrogen and oxygen atoms in total. The molecule has 1 saturated carbocycles. The standard InChI is InChI=1S/C15H18FNO3/c1-17(9-12-4-2-3-5-13(12)16)14(18)10-6-7-11(8-10)15(19)20/h2-5,10-11H,6-9H2,1H3,(H,19,20)/t10-,11+/m1/s1. The Bertz CT molecular complexity index is 518. The van der Waals surface area contributed by atoms with E-state index in [1.807, 2.05) is 0 Å². The summed E-state index contributed by atoms with van der Waals surface area (Å²) in [5, 5.41) is 8.95. The number of rotatable bonds is 4. The largest absolute Gasteiger partial charge is 0.481 e. The van der Waals surface area contributed by atoms with Gasteiger partial charge in [0, 0.05) is 25.1 Å². The second-order valence-electron chi connectivity index (χ2n) is 5.33. The minimum atomic E-state index is -0.836. The number of carboxylic acid groups (broad SMARTS) is 1. The Labute approximate surface area is 117 Å². The zero-order chi connectivity index (χ0) is 14.7. The number of carboxylic acids is 1. The summed E-state index contributed by atoms with van der Waals surface area (Å²) in [6.45, 7) is 0.208. The fourth-order valence-electron chi connectivity index (χ4n) is 2.70. The van der Waals surface area contributed by atoms with Crippen LogP contribution >= 0.6 is 0 Å². The molecule has 2 rings (SSSR count). The molecular weight excluding hydrogens is 261 g/mol. The predicted molar refractivity (Wildman–Crippen MR) is 71.3 cm³/mol. The zero-order valence-corrected chi connectivity index (χ0v) is 11.4. The van der Waals surface area contributed by atoms with Gasteiger partial charge in [0.2, 0.25) is 5.91 Å². The highest BCUT2D eigenvalue weighted by Crippen LogP contribution is 2.32. The summed E-state index contributed by atoms with van der Waals surface area (Å²) in [6.07, 6.45) is 1.52. The van der Waals surface area contributed by atoms with E-state index in [1.165, 1.54) is 11.0 Å². The molecule has 0 spiro atoms. The first-order valence-electron chi connectivity index (χ1n) is 6.70. The highest BCUT2D eigenvalue weighted by Gasteiger charge is 2.35. The van der Waals surface area contributed by atoms with E-state index in [9.17, 15) is 14.0 Å². The molecule has 20 heavy (non-hydrogen) atoms. The number of halogens is 1. The monoisotopic (exact) mass is 279 g/mol. The van der Waals surface area contributed by atoms with Crippen LogP contribution in [0.15, 0.2) is 24.3 Å². The lowest BCUT2D eigenvalue weighted by Crippen LogP contribution is -2.32. The van der Waals surface area contributed by atoms with Gasteiger partial charge in [0.15, 0.2) is 0 Å². The van der Waals surface area contributed by atoms with Crippen LogP contribution in [-0.4, -0.2) is 28.9 Å². The number of benzene rings is 1. The van der Waals surface area contributed by atoms with E-state index in [0.717, 1.165) is 0 Å². The Kier molecular flexibility index (Phi) is 4.37. The molecule has 1 aliphatic carbocycles. The van der Waals surface area contributed by atoms with Crippen molar-refractivity contribution in [3.63, 3.8) is 0 Å². The van der Waals surface area contributed by atoms with Crippen molar-refractivity contribution >= 4 is 11.9 Å². The fourth-order valence-corrected chi connectivity index (χ4v) is 2.70. The topological polar surface area (TPSA) is 57.6 Å². The number of carbonyl (C=O) groups is 2. The summed E-state index contributed by atoms with van der Waals surface area (Å²) in [4.78, 5) is 24.6. The van der Waals surface area contributed by atoms with Crippen LogP contribution in [0.5, 0.6) is 0 Å². The Morgan fingerprint density at radius 1 is 1.30 bits per heavy atom. The summed E-state index contributed by atoms with van der Waals surface area (Å²) in [5.74, 6) is -1.95. The van der Waals surface area contributed by atoms with Crippen molar-refractivity contribution in [2.75, 3.05) is 7.05 Å². The van der Waals surface area contributed by atoms with Crippen molar-refractivity contribution in [2.24, 2.45) is 11.8 Å². The van der Waals surface area contributed by atoms with Crippen LogP contribution in [0, 0.1) is 17.7 Å². The molecule has 2 atom stereocenters. The smallest absolute Gasteiger partial charge is 0.306 e. The van der Waals surface area contributed by atoms with E-state index in [4.69, 9.17) is 5.11 Å². The van der Waals surface area contributed by atoms with Gasteiger partial charge in [-0.3, -0.25) is 9.59 Å². The number of aliphatic carboxylic acids is 1. The van der Waals surface area contributed by atoms with Gasteiger partial charge in [0.25, 0.3) is 0 Å². The van der Waals surface area contributed by atoms with E-state index in [1.54, 1.807) is 25.2 Å². The van der Waals surface area contributed by atoms with E-state index in [-0.39, 0.29) is 24.2 Å². The van der Waals surface area contributed by atoms with E-state index in [2.05, 4.69) is 0 Å². The summed E-state index contributed by atoms with van der Waals surface area (Å²) >= 11 is 0. The molecule has 1 amide bonds. The first-order valence-corrected chi connectivity index (χ1v) is 6.70. The minimum Gasteiger partial charge on any atom is -0.481 e. The van der Waals surface area contributed by atoms with Crippen molar-refractivity contribution in [3.05, 3.63) is 35.6 Å². The van der Waals surface area contributed by atoms with Crippen molar-refractivity contribution in [1.29, 1.82) is 0 Å². The third kappa shape index (κ3) is 3.15. The third-order valence-corrected chi connectivity index (χ3v) is 3.87. The number of hydrogen-bond donors (Lipinski definition) is 1. The van der Waals surface area contributed by atoms with Gasteiger partial charge in [-0.15, -0.1) is 0 Å². The summed E-state index contributed by atoms with van der Waals surface area (Å²) < 4.78 is 13.5. The Morgan fingerprint density at radius 3 is 2.55 bits per heavy atom. The van der Waals surface area contributed by atoms with Crippen LogP contribution in [0.2, 0.25) is 0 Å². The lowest BCUT2D eigenvalue weighted by molar-refractivity contribution is -0.141. The fraction of sp³-hybridized carbons (Fsp3) is 0.467. The Balaban J connectivity index is 1.96. The van der Waals surface area contributed by atoms with E-state index in [0.29, 0.717) is 24.8 Å². The van der Waals surface area contributed by atoms with Crippen LogP contribution in [0.4, 0.5) is 4.39 Å². The molecule has 0 saturated heterocycles. The molecule has 108 valence electrons. The molecule has 0 unspecified atom stereocenters. The molecule has 0 bridgehead atoms. The average molecular weight is 279 g/mol. The van der Waals surface area contributed by atoms with Gasteiger partial charge in [-0.25, -0.2) is 4.39 Å². The molecule has 1 aliphatic rings. The molecule has 0 heterocycles. The van der Waals surface area contributed by atoms with Crippen LogP contribution in [0.25, 0.3) is 0 Å². The van der Waals surface area contributed by atoms with Crippen molar-refractivity contribution in [3.8, 4) is 0 Å². The molecule has 0 radical (unpaired) electrons. The van der Waals surface area contributed by atoms with Crippen LogP contribution in [0.3, 0.4) is 0 Å². The predicted octanol–water partition coefficient (Wildman–Crippen LogP) is 2.29. The van der Waals surface area contributed by atoms with Gasteiger partial charge in [0.1, 0.15) is 5.82 Å². The Morgan fingerprint density at radius 2 is 1.95 bits per heavy atom. The number of hydrogen-bond acceptors (Lipinski definition) is 2. The highest BCUT2D eigenvalue weighted by atomic mass is 19.1. The van der Waals surface area contributed by atoms with Gasteiger partial charge in [0.05, 0.1) is 5.92 Å². The molecular formula is C15H18FNO3. The highest BCUT2D eigenvalue weighted by molar-refractivity contribution is 5.80. The quantitative estimate of drug-likeness (QED) is 0.920. The maximum atomic E-state index is 13.5. The van der Waals surface area contributed by atoms with Gasteiger partial charge in [-0.2, -0.15) is 0 Å². The molecule has 1 aromatic rings. The zero-order valence-electron chi connectivity index (χ0n) is 11.4. The second kappa shape index (κ2) is 6.03. The van der Waals surface area contributed by atoms with Crippen LogP contribution in [0.1, 0.15) is 24.8 Å². The van der Waals surface area contributed by atoms with Gasteiger partial charge in [-0.1, -0.05) is 18.2 Å². The number of carbonyl (C=O) groups excluding carboxylic acids is 1. The summed E-state index contributed by atoms with van der Waals surface area (Å²) in [5.41, 5.74) is 0.469. The first kappa shape index (κ1) is 14.5. The normalized spacial score (nSPS) is 21.7. The summed E-state index contributed by atoms with van der Waals surface area (Å²) in [7, 11) is 1.63. The molecule has 1 fully saturated rings. The third-order valence-electron chi connectivity index (χ3n) is 3.87. The number of amides is 1. The molecule has 1 N–H and O–H groups in total. The first-order chi connectivity index (χ1) is 9.49. The maximum absolute atomic E-state index is 13.5. The minimum absolute atomic E-state index is 0.1000. The van der Waals surface area contributed by atoms with Crippen LogP contribution in [-0.2, 0) is 16.1 Å². The molecule has 1 aromatic carbocycles. The van der Waals surface area contributed by atoms with E-state index >= 15 is 0 Å². The summed E-state index contributed by atoms with van der Waals surface area (Å²) in [6, 6.07) is 6.35. The maximum Gasteiger partial charge on any atom is 0.306 e. The molecule has 5 heteroatoms. The van der Waals surface area contributed by atoms with Gasteiger partial charge < -0.3 is 10.0 Å². The SMILES string of the molecule is CN(Cc1ccccc1F)C(=O)[C@@H]1CC[C@H](C(=O)O)C1. The van der Waals surface area contributed by atoms with Crippen molar-refractivity contribution in [2.45, 2.75) is 25.8 Å². The Hall–Kier alpha value is -1.91. The van der Waals surface area contributed by atoms with Gasteiger partial charge >= 0.3 is 5.97 Å².